The van der Waals surface area contributed by atoms with Gasteiger partial charge >= 0.3 is 6.09 Å². The molecule has 1 saturated heterocycles. The van der Waals surface area contributed by atoms with Crippen molar-refractivity contribution < 1.29 is 19.2 Å². The minimum absolute atomic E-state index is 0.141. The number of ether oxygens (including phenoxy) is 1. The molecule has 10 heteroatoms. The van der Waals surface area contributed by atoms with E-state index in [1.54, 1.807) is 32.9 Å². The molecule has 1 fully saturated rings. The number of carbonyl (C=O) groups is 2. The molecule has 0 aromatic heterocycles. The number of hydrogen-bond acceptors (Lipinski definition) is 7. The van der Waals surface area contributed by atoms with Crippen LogP contribution in [0.25, 0.3) is 0 Å². The van der Waals surface area contributed by atoms with E-state index in [9.17, 15) is 19.7 Å². The molecule has 0 spiro atoms. The van der Waals surface area contributed by atoms with E-state index < -0.39 is 16.6 Å². The Morgan fingerprint density at radius 2 is 2.00 bits per heavy atom. The number of nitro groups is 1. The molecule has 1 aliphatic rings. The standard InChI is InChI=1S/C19H29N5O5/c1-19(2,3)29-18(26)21-11-14-12-22(5)8-9-23(14)15-7-6-13(17(25)20-4)10-16(15)24(27)28/h6-7,10,14H,8-9,11-12H2,1-5H3,(H,20,25)(H,21,26). The number of amides is 2. The van der Waals surface area contributed by atoms with Gasteiger partial charge in [0.25, 0.3) is 11.6 Å². The molecule has 10 nitrogen and oxygen atoms in total. The van der Waals surface area contributed by atoms with Crippen LogP contribution in [0.5, 0.6) is 0 Å². The fraction of sp³-hybridized carbons (Fsp3) is 0.579. The van der Waals surface area contributed by atoms with Crippen molar-refractivity contribution >= 4 is 23.4 Å². The van der Waals surface area contributed by atoms with Crippen molar-refractivity contribution in [1.29, 1.82) is 0 Å². The molecule has 0 saturated carbocycles. The van der Waals surface area contributed by atoms with Crippen LogP contribution in [0.15, 0.2) is 18.2 Å². The maximum atomic E-state index is 12.0. The highest BCUT2D eigenvalue weighted by atomic mass is 16.6. The van der Waals surface area contributed by atoms with Crippen molar-refractivity contribution in [2.24, 2.45) is 0 Å². The number of hydrogen-bond donors (Lipinski definition) is 2. The van der Waals surface area contributed by atoms with E-state index in [2.05, 4.69) is 15.5 Å². The first-order chi connectivity index (χ1) is 13.5. The van der Waals surface area contributed by atoms with E-state index in [1.807, 2.05) is 11.9 Å². The van der Waals surface area contributed by atoms with Gasteiger partial charge in [-0.3, -0.25) is 14.9 Å². The first-order valence-electron chi connectivity index (χ1n) is 9.44. The second kappa shape index (κ2) is 9.08. The summed E-state index contributed by atoms with van der Waals surface area (Å²) in [5, 5.41) is 16.9. The van der Waals surface area contributed by atoms with Gasteiger partial charge in [-0.25, -0.2) is 4.79 Å². The summed E-state index contributed by atoms with van der Waals surface area (Å²) >= 11 is 0. The summed E-state index contributed by atoms with van der Waals surface area (Å²) in [6.45, 7) is 7.51. The highest BCUT2D eigenvalue weighted by Gasteiger charge is 2.31. The first-order valence-corrected chi connectivity index (χ1v) is 9.44. The molecule has 1 aromatic carbocycles. The predicted octanol–water partition coefficient (Wildman–Crippen LogP) is 1.60. The second-order valence-corrected chi connectivity index (χ2v) is 8.03. The zero-order valence-electron chi connectivity index (χ0n) is 17.5. The summed E-state index contributed by atoms with van der Waals surface area (Å²) in [7, 11) is 3.43. The molecule has 0 bridgehead atoms. The number of nitrogens with zero attached hydrogens (tertiary/aromatic N) is 3. The van der Waals surface area contributed by atoms with Crippen LogP contribution >= 0.6 is 0 Å². The van der Waals surface area contributed by atoms with Gasteiger partial charge in [0.05, 0.1) is 11.0 Å². The van der Waals surface area contributed by atoms with Crippen molar-refractivity contribution in [3.8, 4) is 0 Å². The molecule has 2 N–H and O–H groups in total. The van der Waals surface area contributed by atoms with Crippen LogP contribution in [-0.2, 0) is 4.74 Å². The third-order valence-electron chi connectivity index (χ3n) is 4.54. The Morgan fingerprint density at radius 1 is 1.31 bits per heavy atom. The minimum Gasteiger partial charge on any atom is -0.444 e. The Hall–Kier alpha value is -2.88. The number of alkyl carbamates (subject to hydrolysis) is 1. The Bertz CT molecular complexity index is 777. The normalized spacial score (nSPS) is 17.6. The maximum Gasteiger partial charge on any atom is 0.407 e. The van der Waals surface area contributed by atoms with Crippen molar-refractivity contribution in [3.63, 3.8) is 0 Å². The van der Waals surface area contributed by atoms with Gasteiger partial charge in [0, 0.05) is 44.9 Å². The number of benzene rings is 1. The van der Waals surface area contributed by atoms with E-state index in [1.165, 1.54) is 13.1 Å². The lowest BCUT2D eigenvalue weighted by molar-refractivity contribution is -0.384. The van der Waals surface area contributed by atoms with Crippen molar-refractivity contribution in [1.82, 2.24) is 15.5 Å². The summed E-state index contributed by atoms with van der Waals surface area (Å²) in [5.41, 5.74) is -0.105. The molecule has 0 aliphatic carbocycles. The molecular weight excluding hydrogens is 378 g/mol. The van der Waals surface area contributed by atoms with E-state index in [-0.39, 0.29) is 29.7 Å². The van der Waals surface area contributed by atoms with Crippen molar-refractivity contribution in [2.75, 3.05) is 45.2 Å². The number of nitro benzene ring substituents is 1. The predicted molar refractivity (Wildman–Crippen MR) is 109 cm³/mol. The highest BCUT2D eigenvalue weighted by molar-refractivity contribution is 5.95. The number of anilines is 1. The number of carbonyl (C=O) groups excluding carboxylic acids is 2. The topological polar surface area (TPSA) is 117 Å². The summed E-state index contributed by atoms with van der Waals surface area (Å²) in [5.74, 6) is -0.388. The third-order valence-corrected chi connectivity index (χ3v) is 4.54. The molecule has 1 aromatic rings. The van der Waals surface area contributed by atoms with Gasteiger partial charge in [-0.05, 0) is 40.0 Å². The highest BCUT2D eigenvalue weighted by Crippen LogP contribution is 2.32. The lowest BCUT2D eigenvalue weighted by Gasteiger charge is -2.41. The molecule has 160 valence electrons. The summed E-state index contributed by atoms with van der Waals surface area (Å²) < 4.78 is 5.28. The number of piperazine rings is 1. The fourth-order valence-corrected chi connectivity index (χ4v) is 3.22. The lowest BCUT2D eigenvalue weighted by atomic mass is 10.1. The van der Waals surface area contributed by atoms with Gasteiger partial charge in [0.15, 0.2) is 0 Å². The molecule has 2 rings (SSSR count). The Morgan fingerprint density at radius 3 is 2.59 bits per heavy atom. The molecule has 1 heterocycles. The Kier molecular flexibility index (Phi) is 7.02. The van der Waals surface area contributed by atoms with Gasteiger partial charge in [0.1, 0.15) is 11.3 Å². The monoisotopic (exact) mass is 407 g/mol. The molecular formula is C19H29N5O5. The molecule has 1 aliphatic heterocycles. The molecule has 29 heavy (non-hydrogen) atoms. The Balaban J connectivity index is 2.26. The number of likely N-dealkylation sites (N-methyl/N-ethyl adjacent to an activating group) is 1. The first kappa shape index (κ1) is 22.4. The smallest absolute Gasteiger partial charge is 0.407 e. The molecule has 1 unspecified atom stereocenters. The summed E-state index contributed by atoms with van der Waals surface area (Å²) in [4.78, 5) is 39.1. The minimum atomic E-state index is -0.610. The van der Waals surface area contributed by atoms with Gasteiger partial charge in [-0.1, -0.05) is 0 Å². The second-order valence-electron chi connectivity index (χ2n) is 8.03. The van der Waals surface area contributed by atoms with Crippen molar-refractivity contribution in [2.45, 2.75) is 32.4 Å². The quantitative estimate of drug-likeness (QED) is 0.562. The van der Waals surface area contributed by atoms with Crippen molar-refractivity contribution in [3.05, 3.63) is 33.9 Å². The van der Waals surface area contributed by atoms with Crippen LogP contribution in [0.1, 0.15) is 31.1 Å². The van der Waals surface area contributed by atoms with E-state index in [4.69, 9.17) is 4.74 Å². The largest absolute Gasteiger partial charge is 0.444 e. The lowest BCUT2D eigenvalue weighted by Crippen LogP contribution is -2.56. The van der Waals surface area contributed by atoms with E-state index >= 15 is 0 Å². The van der Waals surface area contributed by atoms with E-state index in [0.29, 0.717) is 18.8 Å². The zero-order chi connectivity index (χ0) is 21.8. The van der Waals surface area contributed by atoms with Crippen LogP contribution in [0.2, 0.25) is 0 Å². The van der Waals surface area contributed by atoms with Gasteiger partial charge in [-0.2, -0.15) is 0 Å². The number of rotatable bonds is 5. The summed E-state index contributed by atoms with van der Waals surface area (Å²) in [6.07, 6.45) is -0.532. The average molecular weight is 407 g/mol. The molecule has 2 amide bonds. The average Bonchev–Trinajstić information content (AvgIpc) is 2.64. The molecule has 1 atom stereocenters. The van der Waals surface area contributed by atoms with E-state index in [0.717, 1.165) is 6.54 Å². The summed E-state index contributed by atoms with van der Waals surface area (Å²) in [6, 6.07) is 4.25. The maximum absolute atomic E-state index is 12.0. The SMILES string of the molecule is CNC(=O)c1ccc(N2CCN(C)CC2CNC(=O)OC(C)(C)C)c([N+](=O)[O-])c1. The van der Waals surface area contributed by atoms with Gasteiger partial charge in [-0.15, -0.1) is 0 Å². The fourth-order valence-electron chi connectivity index (χ4n) is 3.22. The zero-order valence-corrected chi connectivity index (χ0v) is 17.5. The van der Waals surface area contributed by atoms with Gasteiger partial charge in [0.2, 0.25) is 0 Å². The van der Waals surface area contributed by atoms with Crippen LogP contribution in [0.4, 0.5) is 16.2 Å². The van der Waals surface area contributed by atoms with Crippen LogP contribution in [0.3, 0.4) is 0 Å². The van der Waals surface area contributed by atoms with Gasteiger partial charge < -0.3 is 25.2 Å². The van der Waals surface area contributed by atoms with Crippen LogP contribution in [0, 0.1) is 10.1 Å². The molecule has 0 radical (unpaired) electrons. The third kappa shape index (κ3) is 6.05. The van der Waals surface area contributed by atoms with Crippen LogP contribution < -0.4 is 15.5 Å². The Labute approximate surface area is 170 Å². The van der Waals surface area contributed by atoms with Crippen LogP contribution in [-0.4, -0.2) is 73.7 Å². The number of nitrogens with one attached hydrogen (secondary N) is 2.